The predicted molar refractivity (Wildman–Crippen MR) is 98.8 cm³/mol. The number of aromatic nitrogens is 2. The van der Waals surface area contributed by atoms with Gasteiger partial charge in [0, 0.05) is 24.3 Å². The molecule has 6 nitrogen and oxygen atoms in total. The van der Waals surface area contributed by atoms with Gasteiger partial charge < -0.3 is 10.2 Å². The molecule has 0 saturated carbocycles. The van der Waals surface area contributed by atoms with Crippen LogP contribution in [0.15, 0.2) is 34.0 Å². The number of amidine groups is 1. The molecule has 3 rings (SSSR count). The molecule has 2 N–H and O–H groups in total. The highest BCUT2D eigenvalue weighted by molar-refractivity contribution is 8.15. The van der Waals surface area contributed by atoms with E-state index in [4.69, 9.17) is 10.2 Å². The Hall–Kier alpha value is -2.15. The molecule has 0 saturated heterocycles. The summed E-state index contributed by atoms with van der Waals surface area (Å²) in [5, 5.41) is 0.570. The van der Waals surface area contributed by atoms with Crippen molar-refractivity contribution in [2.24, 2.45) is 10.7 Å². The molecule has 0 unspecified atom stereocenters. The third-order valence-corrected chi connectivity index (χ3v) is 5.15. The zero-order valence-electron chi connectivity index (χ0n) is 14.9. The van der Waals surface area contributed by atoms with Gasteiger partial charge in [-0.05, 0) is 31.0 Å². The second kappa shape index (κ2) is 6.29. The normalized spacial score (nSPS) is 22.5. The maximum absolute atomic E-state index is 12.4. The Morgan fingerprint density at radius 3 is 2.80 bits per heavy atom. The number of rotatable bonds is 4. The van der Waals surface area contributed by atoms with Crippen LogP contribution < -0.4 is 5.73 Å². The molecular weight excluding hydrogens is 336 g/mol. The molecule has 0 aliphatic carbocycles. The molecule has 2 aromatic heterocycles. The van der Waals surface area contributed by atoms with E-state index in [9.17, 15) is 4.79 Å². The zero-order valence-corrected chi connectivity index (χ0v) is 15.7. The molecule has 0 bridgehead atoms. The molecule has 0 aromatic carbocycles. The minimum absolute atomic E-state index is 0.0215. The number of pyridine rings is 1. The molecule has 0 radical (unpaired) electrons. The van der Waals surface area contributed by atoms with E-state index in [-0.39, 0.29) is 17.0 Å². The highest BCUT2D eigenvalue weighted by Crippen LogP contribution is 2.44. The number of hydrogen-bond acceptors (Lipinski definition) is 7. The number of carbonyl (C=O) groups is 1. The van der Waals surface area contributed by atoms with Gasteiger partial charge in [-0.15, -0.1) is 0 Å². The van der Waals surface area contributed by atoms with E-state index in [1.807, 2.05) is 19.1 Å². The van der Waals surface area contributed by atoms with Crippen LogP contribution in [-0.4, -0.2) is 25.7 Å². The number of aliphatic imine (C=N–C) groups is 1. The Morgan fingerprint density at radius 2 is 2.16 bits per heavy atom. The van der Waals surface area contributed by atoms with Gasteiger partial charge in [-0.3, -0.25) is 9.78 Å². The van der Waals surface area contributed by atoms with Gasteiger partial charge in [-0.1, -0.05) is 25.6 Å². The molecule has 7 heteroatoms. The molecule has 2 aromatic rings. The van der Waals surface area contributed by atoms with Crippen LogP contribution in [0, 0.1) is 6.92 Å². The van der Waals surface area contributed by atoms with Crippen LogP contribution in [-0.2, 0) is 12.0 Å². The maximum Gasteiger partial charge on any atom is 0.191 e. The number of thioether (sulfide) groups is 1. The van der Waals surface area contributed by atoms with Gasteiger partial charge >= 0.3 is 0 Å². The van der Waals surface area contributed by atoms with Crippen molar-refractivity contribution in [3.05, 3.63) is 47.4 Å². The summed E-state index contributed by atoms with van der Waals surface area (Å²) in [4.78, 5) is 25.6. The summed E-state index contributed by atoms with van der Waals surface area (Å²) in [6.45, 7) is 8.05. The average molecular weight is 358 g/mol. The smallest absolute Gasteiger partial charge is 0.191 e. The first kappa shape index (κ1) is 17.7. The summed E-state index contributed by atoms with van der Waals surface area (Å²) >= 11 is 1.58. The number of oxazole rings is 1. The summed E-state index contributed by atoms with van der Waals surface area (Å²) < 4.78 is 5.09. The topological polar surface area (TPSA) is 94.4 Å². The largest absolute Gasteiger partial charge is 0.449 e. The van der Waals surface area contributed by atoms with E-state index in [2.05, 4.69) is 28.8 Å². The highest BCUT2D eigenvalue weighted by atomic mass is 32.2. The first-order valence-corrected chi connectivity index (χ1v) is 8.94. The molecule has 1 aliphatic heterocycles. The van der Waals surface area contributed by atoms with Gasteiger partial charge in [-0.2, -0.15) is 0 Å². The number of Topliss-reactive ketones (excluding diaryl/α,β-unsaturated/α-hetero) is 1. The molecule has 0 fully saturated rings. The molecule has 3 heterocycles. The number of nitrogens with zero attached hydrogens (tertiary/aromatic N) is 3. The van der Waals surface area contributed by atoms with E-state index in [1.54, 1.807) is 24.9 Å². The summed E-state index contributed by atoms with van der Waals surface area (Å²) in [6, 6.07) is 3.78. The molecule has 25 heavy (non-hydrogen) atoms. The number of carbonyl (C=O) groups excluding carboxylic acids is 1. The Labute approximate surface area is 151 Å². The predicted octanol–water partition coefficient (Wildman–Crippen LogP) is 3.25. The lowest BCUT2D eigenvalue weighted by Gasteiger charge is -2.38. The average Bonchev–Trinajstić information content (AvgIpc) is 2.92. The van der Waals surface area contributed by atoms with Gasteiger partial charge in [0.1, 0.15) is 17.5 Å². The monoisotopic (exact) mass is 358 g/mol. The molecule has 1 aliphatic rings. The van der Waals surface area contributed by atoms with Crippen molar-refractivity contribution >= 4 is 22.7 Å². The minimum Gasteiger partial charge on any atom is -0.449 e. The standard InChI is InChI=1S/C18H22N4O2S/c1-11-21-13(9-24-11)14(23)7-12-5-6-20-15(8-12)18(4)10-17(2,3)25-16(19)22-18/h5-6,8-9H,7,10H2,1-4H3,(H2,19,22)/t18-/m0/s1. The van der Waals surface area contributed by atoms with E-state index < -0.39 is 5.54 Å². The van der Waals surface area contributed by atoms with E-state index in [0.29, 0.717) is 16.8 Å². The van der Waals surface area contributed by atoms with Gasteiger partial charge in [0.25, 0.3) is 0 Å². The lowest BCUT2D eigenvalue weighted by Crippen LogP contribution is -2.38. The van der Waals surface area contributed by atoms with E-state index >= 15 is 0 Å². The zero-order chi connectivity index (χ0) is 18.2. The SMILES string of the molecule is Cc1nc(C(=O)Cc2ccnc([C@]3(C)CC(C)(C)SC(N)=N3)c2)co1. The molecule has 0 spiro atoms. The van der Waals surface area contributed by atoms with Crippen molar-refractivity contribution in [2.75, 3.05) is 0 Å². The Morgan fingerprint density at radius 1 is 1.40 bits per heavy atom. The lowest BCUT2D eigenvalue weighted by molar-refractivity contribution is 0.0988. The fourth-order valence-electron chi connectivity index (χ4n) is 3.25. The van der Waals surface area contributed by atoms with Crippen LogP contribution in [0.3, 0.4) is 0 Å². The second-order valence-electron chi connectivity index (χ2n) is 7.16. The highest BCUT2D eigenvalue weighted by Gasteiger charge is 2.40. The van der Waals surface area contributed by atoms with E-state index in [0.717, 1.165) is 17.7 Å². The summed E-state index contributed by atoms with van der Waals surface area (Å²) in [5.74, 6) is 0.403. The Balaban J connectivity index is 1.86. The Bertz CT molecular complexity index is 843. The van der Waals surface area contributed by atoms with Crippen molar-refractivity contribution in [1.29, 1.82) is 0 Å². The van der Waals surface area contributed by atoms with Crippen LogP contribution in [0.1, 0.15) is 54.8 Å². The van der Waals surface area contributed by atoms with Crippen LogP contribution >= 0.6 is 11.8 Å². The van der Waals surface area contributed by atoms with Gasteiger partial charge in [0.05, 0.1) is 5.69 Å². The van der Waals surface area contributed by atoms with Crippen LogP contribution in [0.5, 0.6) is 0 Å². The lowest BCUT2D eigenvalue weighted by atomic mass is 9.86. The van der Waals surface area contributed by atoms with Crippen molar-refractivity contribution in [1.82, 2.24) is 9.97 Å². The molecule has 1 atom stereocenters. The van der Waals surface area contributed by atoms with Gasteiger partial charge in [-0.25, -0.2) is 9.98 Å². The second-order valence-corrected chi connectivity index (χ2v) is 8.89. The van der Waals surface area contributed by atoms with Crippen LogP contribution in [0.2, 0.25) is 0 Å². The molecule has 132 valence electrons. The number of aryl methyl sites for hydroxylation is 1. The Kier molecular flexibility index (Phi) is 4.45. The van der Waals surface area contributed by atoms with Gasteiger partial charge in [0.2, 0.25) is 0 Å². The summed E-state index contributed by atoms with van der Waals surface area (Å²) in [7, 11) is 0. The molecular formula is C18H22N4O2S. The third kappa shape index (κ3) is 3.92. The first-order valence-electron chi connectivity index (χ1n) is 8.12. The third-order valence-electron chi connectivity index (χ3n) is 4.15. The molecule has 0 amide bonds. The fourth-order valence-corrected chi connectivity index (χ4v) is 4.41. The van der Waals surface area contributed by atoms with Gasteiger partial charge in [0.15, 0.2) is 16.8 Å². The number of ketones is 1. The summed E-state index contributed by atoms with van der Waals surface area (Å²) in [6.07, 6.45) is 4.18. The van der Waals surface area contributed by atoms with Crippen molar-refractivity contribution in [3.63, 3.8) is 0 Å². The quantitative estimate of drug-likeness (QED) is 0.843. The first-order chi connectivity index (χ1) is 11.7. The number of hydrogen-bond donors (Lipinski definition) is 1. The van der Waals surface area contributed by atoms with Crippen molar-refractivity contribution < 1.29 is 9.21 Å². The summed E-state index contributed by atoms with van der Waals surface area (Å²) in [5.41, 5.74) is 7.58. The van der Waals surface area contributed by atoms with E-state index in [1.165, 1.54) is 6.26 Å². The minimum atomic E-state index is -0.498. The van der Waals surface area contributed by atoms with Crippen molar-refractivity contribution in [2.45, 2.75) is 50.8 Å². The van der Waals surface area contributed by atoms with Crippen LogP contribution in [0.4, 0.5) is 0 Å². The van der Waals surface area contributed by atoms with Crippen molar-refractivity contribution in [3.8, 4) is 0 Å². The van der Waals surface area contributed by atoms with Crippen LogP contribution in [0.25, 0.3) is 0 Å². The maximum atomic E-state index is 12.4. The fraction of sp³-hybridized carbons (Fsp3) is 0.444. The number of nitrogens with two attached hydrogens (primary N) is 1.